The third-order valence-electron chi connectivity index (χ3n) is 2.89. The summed E-state index contributed by atoms with van der Waals surface area (Å²) >= 11 is 0. The quantitative estimate of drug-likeness (QED) is 0.832. The minimum atomic E-state index is 0.00755. The average Bonchev–Trinajstić information content (AvgIpc) is 2.78. The van der Waals surface area contributed by atoms with Gasteiger partial charge in [0.2, 0.25) is 5.91 Å². The second kappa shape index (κ2) is 4.76. The Hall–Kier alpha value is -1.91. The second-order valence-corrected chi connectivity index (χ2v) is 4.63. The zero-order chi connectivity index (χ0) is 13.3. The molecule has 0 unspecified atom stereocenters. The Morgan fingerprint density at radius 2 is 1.67 bits per heavy atom. The Morgan fingerprint density at radius 1 is 1.06 bits per heavy atom. The Bertz CT molecular complexity index is 580. The lowest BCUT2D eigenvalue weighted by Crippen LogP contribution is -2.17. The third-order valence-corrected chi connectivity index (χ3v) is 2.89. The number of carbonyl (C=O) groups is 1. The summed E-state index contributed by atoms with van der Waals surface area (Å²) in [7, 11) is 0. The topological polar surface area (TPSA) is 52.7 Å². The molecule has 5 nitrogen and oxygen atoms in total. The van der Waals surface area contributed by atoms with E-state index in [1.165, 1.54) is 4.68 Å². The van der Waals surface area contributed by atoms with Gasteiger partial charge in [0.25, 0.3) is 0 Å². The molecule has 0 N–H and O–H groups in total. The Morgan fingerprint density at radius 3 is 2.17 bits per heavy atom. The van der Waals surface area contributed by atoms with Crippen LogP contribution in [0.3, 0.4) is 0 Å². The van der Waals surface area contributed by atoms with Crippen molar-refractivity contribution in [2.24, 2.45) is 0 Å². The SMILES string of the molecule is Cc1cc(C)n(CCC(=O)n2nc(C)cc2C)n1. The highest BCUT2D eigenvalue weighted by Crippen LogP contribution is 2.06. The van der Waals surface area contributed by atoms with Crippen molar-refractivity contribution in [2.45, 2.75) is 40.7 Å². The highest BCUT2D eigenvalue weighted by Gasteiger charge is 2.11. The minimum Gasteiger partial charge on any atom is -0.272 e. The van der Waals surface area contributed by atoms with Crippen molar-refractivity contribution in [1.82, 2.24) is 19.6 Å². The van der Waals surface area contributed by atoms with Crippen molar-refractivity contribution in [3.8, 4) is 0 Å². The van der Waals surface area contributed by atoms with Crippen LogP contribution >= 0.6 is 0 Å². The van der Waals surface area contributed by atoms with E-state index >= 15 is 0 Å². The van der Waals surface area contributed by atoms with Crippen LogP contribution in [0, 0.1) is 27.7 Å². The number of nitrogens with zero attached hydrogens (tertiary/aromatic N) is 4. The van der Waals surface area contributed by atoms with Crippen LogP contribution in [0.4, 0.5) is 0 Å². The molecule has 2 aromatic rings. The number of carbonyl (C=O) groups excluding carboxylic acids is 1. The molecule has 96 valence electrons. The van der Waals surface area contributed by atoms with Gasteiger partial charge in [0.1, 0.15) is 0 Å². The second-order valence-electron chi connectivity index (χ2n) is 4.63. The fourth-order valence-electron chi connectivity index (χ4n) is 2.09. The minimum absolute atomic E-state index is 0.00755. The van der Waals surface area contributed by atoms with Gasteiger partial charge in [0.05, 0.1) is 17.9 Å². The zero-order valence-electron chi connectivity index (χ0n) is 11.3. The molecule has 0 amide bonds. The lowest BCUT2D eigenvalue weighted by atomic mass is 10.3. The van der Waals surface area contributed by atoms with Gasteiger partial charge in [-0.1, -0.05) is 0 Å². The average molecular weight is 246 g/mol. The fraction of sp³-hybridized carbons (Fsp3) is 0.462. The van der Waals surface area contributed by atoms with Crippen molar-refractivity contribution in [3.63, 3.8) is 0 Å². The van der Waals surface area contributed by atoms with Crippen molar-refractivity contribution < 1.29 is 4.79 Å². The molecule has 5 heteroatoms. The van der Waals surface area contributed by atoms with Gasteiger partial charge in [0.15, 0.2) is 0 Å². The Kier molecular flexibility index (Phi) is 3.32. The monoisotopic (exact) mass is 246 g/mol. The summed E-state index contributed by atoms with van der Waals surface area (Å²) < 4.78 is 3.33. The Labute approximate surface area is 106 Å². The summed E-state index contributed by atoms with van der Waals surface area (Å²) in [6, 6.07) is 3.91. The van der Waals surface area contributed by atoms with Crippen molar-refractivity contribution in [2.75, 3.05) is 0 Å². The number of hydrogen-bond acceptors (Lipinski definition) is 3. The van der Waals surface area contributed by atoms with E-state index in [1.54, 1.807) is 0 Å². The van der Waals surface area contributed by atoms with Gasteiger partial charge in [-0.05, 0) is 39.8 Å². The smallest absolute Gasteiger partial charge is 0.248 e. The summed E-state index contributed by atoms with van der Waals surface area (Å²) in [5, 5.41) is 8.53. The zero-order valence-corrected chi connectivity index (χ0v) is 11.3. The summed E-state index contributed by atoms with van der Waals surface area (Å²) in [4.78, 5) is 12.0. The van der Waals surface area contributed by atoms with Crippen LogP contribution in [0.25, 0.3) is 0 Å². The summed E-state index contributed by atoms with van der Waals surface area (Å²) in [6.07, 6.45) is 0.407. The first-order valence-electron chi connectivity index (χ1n) is 6.05. The normalized spacial score (nSPS) is 10.9. The van der Waals surface area contributed by atoms with Crippen molar-refractivity contribution in [3.05, 3.63) is 34.9 Å². The first-order valence-corrected chi connectivity index (χ1v) is 6.05. The molecule has 0 aliphatic rings. The van der Waals surface area contributed by atoms with Gasteiger partial charge in [-0.15, -0.1) is 0 Å². The molecular formula is C13H18N4O. The van der Waals surface area contributed by atoms with Gasteiger partial charge in [-0.3, -0.25) is 9.48 Å². The largest absolute Gasteiger partial charge is 0.272 e. The predicted octanol–water partition coefficient (Wildman–Crippen LogP) is 2.04. The van der Waals surface area contributed by atoms with Crippen molar-refractivity contribution in [1.29, 1.82) is 0 Å². The molecule has 2 rings (SSSR count). The maximum Gasteiger partial charge on any atom is 0.248 e. The van der Waals surface area contributed by atoms with E-state index in [9.17, 15) is 4.79 Å². The molecule has 0 fully saturated rings. The molecule has 2 aromatic heterocycles. The molecular weight excluding hydrogens is 228 g/mol. The van der Waals surface area contributed by atoms with Crippen LogP contribution in [0.15, 0.2) is 12.1 Å². The molecule has 0 aliphatic heterocycles. The first kappa shape index (κ1) is 12.5. The fourth-order valence-corrected chi connectivity index (χ4v) is 2.09. The molecule has 0 aromatic carbocycles. The molecule has 0 saturated heterocycles. The standard InChI is InChI=1S/C13H18N4O/c1-9-7-11(3)16(14-9)6-5-13(18)17-12(4)8-10(2)15-17/h7-8H,5-6H2,1-4H3. The van der Waals surface area contributed by atoms with Crippen LogP contribution in [0.1, 0.15) is 34.0 Å². The summed E-state index contributed by atoms with van der Waals surface area (Å²) in [5.74, 6) is 0.00755. The van der Waals surface area contributed by atoms with Gasteiger partial charge in [-0.25, -0.2) is 4.68 Å². The maximum absolute atomic E-state index is 12.0. The highest BCUT2D eigenvalue weighted by atomic mass is 16.2. The predicted molar refractivity (Wildman–Crippen MR) is 68.6 cm³/mol. The van der Waals surface area contributed by atoms with E-state index in [2.05, 4.69) is 10.2 Å². The number of rotatable bonds is 3. The van der Waals surface area contributed by atoms with E-state index in [-0.39, 0.29) is 5.91 Å². The molecule has 0 spiro atoms. The summed E-state index contributed by atoms with van der Waals surface area (Å²) in [6.45, 7) is 8.32. The highest BCUT2D eigenvalue weighted by molar-refractivity contribution is 5.78. The Balaban J connectivity index is 2.05. The van der Waals surface area contributed by atoms with Gasteiger partial charge in [0, 0.05) is 17.8 Å². The van der Waals surface area contributed by atoms with E-state index in [0.717, 1.165) is 22.8 Å². The molecule has 0 saturated carbocycles. The van der Waals surface area contributed by atoms with Crippen molar-refractivity contribution >= 4 is 5.91 Å². The maximum atomic E-state index is 12.0. The molecule has 0 bridgehead atoms. The first-order chi connectivity index (χ1) is 8.47. The van der Waals surface area contributed by atoms with Crippen LogP contribution in [-0.4, -0.2) is 25.5 Å². The number of hydrogen-bond donors (Lipinski definition) is 0. The van der Waals surface area contributed by atoms with Gasteiger partial charge in [-0.2, -0.15) is 10.2 Å². The lowest BCUT2D eigenvalue weighted by Gasteiger charge is -2.05. The summed E-state index contributed by atoms with van der Waals surface area (Å²) in [5.41, 5.74) is 3.80. The van der Waals surface area contributed by atoms with E-state index in [4.69, 9.17) is 0 Å². The molecule has 0 aliphatic carbocycles. The molecule has 18 heavy (non-hydrogen) atoms. The van der Waals surface area contributed by atoms with Crippen LogP contribution in [0.5, 0.6) is 0 Å². The van der Waals surface area contributed by atoms with Gasteiger partial charge < -0.3 is 0 Å². The third kappa shape index (κ3) is 2.50. The molecule has 0 radical (unpaired) electrons. The van der Waals surface area contributed by atoms with E-state index in [0.29, 0.717) is 13.0 Å². The lowest BCUT2D eigenvalue weighted by molar-refractivity contribution is 0.0876. The van der Waals surface area contributed by atoms with Gasteiger partial charge >= 0.3 is 0 Å². The van der Waals surface area contributed by atoms with E-state index < -0.39 is 0 Å². The molecule has 0 atom stereocenters. The van der Waals surface area contributed by atoms with Crippen LogP contribution in [0.2, 0.25) is 0 Å². The van der Waals surface area contributed by atoms with E-state index in [1.807, 2.05) is 44.5 Å². The number of aromatic nitrogens is 4. The number of aryl methyl sites for hydroxylation is 5. The van der Waals surface area contributed by atoms with Crippen LogP contribution < -0.4 is 0 Å². The van der Waals surface area contributed by atoms with Crippen LogP contribution in [-0.2, 0) is 6.54 Å². The molecule has 2 heterocycles.